The van der Waals surface area contributed by atoms with E-state index < -0.39 is 11.9 Å². The molecule has 0 saturated heterocycles. The van der Waals surface area contributed by atoms with Gasteiger partial charge in [-0.25, -0.2) is 4.79 Å². The minimum Gasteiger partial charge on any atom is -0.497 e. The van der Waals surface area contributed by atoms with Gasteiger partial charge < -0.3 is 19.6 Å². The Balaban J connectivity index is 1.98. The first-order valence-electron chi connectivity index (χ1n) is 7.06. The van der Waals surface area contributed by atoms with Gasteiger partial charge in [-0.1, -0.05) is 0 Å². The summed E-state index contributed by atoms with van der Waals surface area (Å²) >= 11 is 0. The molecular formula is C16H15N3O5. The summed E-state index contributed by atoms with van der Waals surface area (Å²) in [6, 6.07) is 6.46. The zero-order chi connectivity index (χ0) is 17.4. The van der Waals surface area contributed by atoms with Crippen LogP contribution in [0.25, 0.3) is 11.0 Å². The van der Waals surface area contributed by atoms with Gasteiger partial charge in [-0.3, -0.25) is 9.48 Å². The maximum absolute atomic E-state index is 12.6. The highest BCUT2D eigenvalue weighted by Crippen LogP contribution is 2.29. The second-order valence-electron chi connectivity index (χ2n) is 5.19. The van der Waals surface area contributed by atoms with E-state index in [0.717, 1.165) is 0 Å². The predicted molar refractivity (Wildman–Crippen MR) is 85.6 cm³/mol. The molecule has 0 unspecified atom stereocenters. The highest BCUT2D eigenvalue weighted by atomic mass is 16.5. The molecule has 3 rings (SSSR count). The number of hydrogen-bond donors (Lipinski definition) is 2. The minimum absolute atomic E-state index is 0.0271. The summed E-state index contributed by atoms with van der Waals surface area (Å²) < 4.78 is 11.9. The number of hydrogen-bond acceptors (Lipinski definition) is 5. The minimum atomic E-state index is -1.12. The number of aromatic carboxylic acids is 1. The third-order valence-corrected chi connectivity index (χ3v) is 3.64. The zero-order valence-corrected chi connectivity index (χ0v) is 13.3. The Labute approximate surface area is 136 Å². The van der Waals surface area contributed by atoms with Gasteiger partial charge in [0.2, 0.25) is 0 Å². The number of rotatable bonds is 4. The van der Waals surface area contributed by atoms with E-state index in [1.807, 2.05) is 0 Å². The summed E-state index contributed by atoms with van der Waals surface area (Å²) in [5.41, 5.74) is 0.887. The molecule has 0 aliphatic heterocycles. The molecule has 2 N–H and O–H groups in total. The first kappa shape index (κ1) is 15.6. The van der Waals surface area contributed by atoms with Crippen molar-refractivity contribution in [1.82, 2.24) is 9.78 Å². The van der Waals surface area contributed by atoms with Crippen LogP contribution in [0.2, 0.25) is 0 Å². The normalized spacial score (nSPS) is 10.8. The number of amides is 1. The monoisotopic (exact) mass is 329 g/mol. The van der Waals surface area contributed by atoms with Crippen molar-refractivity contribution in [2.45, 2.75) is 6.92 Å². The number of ether oxygens (including phenoxy) is 1. The number of benzene rings is 1. The number of carbonyl (C=O) groups is 2. The molecule has 8 nitrogen and oxygen atoms in total. The number of nitrogens with one attached hydrogen (secondary N) is 1. The van der Waals surface area contributed by atoms with Gasteiger partial charge in [0, 0.05) is 18.5 Å². The molecule has 124 valence electrons. The largest absolute Gasteiger partial charge is 0.497 e. The summed E-state index contributed by atoms with van der Waals surface area (Å²) in [5, 5.41) is 16.2. The molecule has 0 aliphatic carbocycles. The molecule has 3 aromatic rings. The molecule has 0 spiro atoms. The van der Waals surface area contributed by atoms with Crippen molar-refractivity contribution >= 4 is 28.7 Å². The van der Waals surface area contributed by atoms with Crippen molar-refractivity contribution in [3.63, 3.8) is 0 Å². The van der Waals surface area contributed by atoms with Crippen LogP contribution >= 0.6 is 0 Å². The van der Waals surface area contributed by atoms with Crippen LogP contribution in [-0.4, -0.2) is 33.9 Å². The van der Waals surface area contributed by atoms with E-state index in [1.54, 1.807) is 25.1 Å². The Morgan fingerprint density at radius 1 is 1.33 bits per heavy atom. The molecule has 0 atom stereocenters. The average Bonchev–Trinajstić information content (AvgIpc) is 3.05. The first-order valence-corrected chi connectivity index (χ1v) is 7.06. The third kappa shape index (κ3) is 2.58. The molecule has 8 heteroatoms. The van der Waals surface area contributed by atoms with Crippen LogP contribution in [0.4, 0.5) is 5.82 Å². The molecule has 0 aliphatic rings. The van der Waals surface area contributed by atoms with Crippen LogP contribution in [0.1, 0.15) is 26.6 Å². The number of aryl methyl sites for hydroxylation is 2. The maximum atomic E-state index is 12.6. The summed E-state index contributed by atoms with van der Waals surface area (Å²) in [6.45, 7) is 1.68. The highest BCUT2D eigenvalue weighted by Gasteiger charge is 2.21. The Morgan fingerprint density at radius 3 is 2.71 bits per heavy atom. The number of fused-ring (bicyclic) bond motifs is 1. The van der Waals surface area contributed by atoms with Gasteiger partial charge in [0.05, 0.1) is 12.7 Å². The second kappa shape index (κ2) is 5.73. The molecule has 0 saturated carbocycles. The van der Waals surface area contributed by atoms with E-state index in [-0.39, 0.29) is 11.5 Å². The number of nitrogens with zero attached hydrogens (tertiary/aromatic N) is 2. The van der Waals surface area contributed by atoms with Crippen molar-refractivity contribution in [1.29, 1.82) is 0 Å². The summed E-state index contributed by atoms with van der Waals surface area (Å²) in [6.07, 6.45) is 0. The van der Waals surface area contributed by atoms with Crippen molar-refractivity contribution in [3.05, 3.63) is 41.3 Å². The lowest BCUT2D eigenvalue weighted by atomic mass is 10.1. The van der Waals surface area contributed by atoms with Crippen molar-refractivity contribution < 1.29 is 23.8 Å². The van der Waals surface area contributed by atoms with Crippen molar-refractivity contribution in [2.75, 3.05) is 12.4 Å². The summed E-state index contributed by atoms with van der Waals surface area (Å²) in [4.78, 5) is 23.6. The van der Waals surface area contributed by atoms with E-state index in [1.165, 1.54) is 24.9 Å². The second-order valence-corrected chi connectivity index (χ2v) is 5.19. The number of anilines is 1. The zero-order valence-electron chi connectivity index (χ0n) is 13.3. The number of methoxy groups -OCH3 is 1. The van der Waals surface area contributed by atoms with Gasteiger partial charge in [-0.15, -0.1) is 0 Å². The van der Waals surface area contributed by atoms with E-state index >= 15 is 0 Å². The molecule has 0 radical (unpaired) electrons. The maximum Gasteiger partial charge on any atom is 0.354 e. The average molecular weight is 329 g/mol. The molecule has 1 aromatic carbocycles. The number of furan rings is 1. The van der Waals surface area contributed by atoms with Crippen molar-refractivity contribution in [3.8, 4) is 5.75 Å². The van der Waals surface area contributed by atoms with Gasteiger partial charge in [-0.05, 0) is 25.1 Å². The first-order chi connectivity index (χ1) is 11.4. The topological polar surface area (TPSA) is 107 Å². The van der Waals surface area contributed by atoms with Crippen LogP contribution in [0.15, 0.2) is 28.7 Å². The van der Waals surface area contributed by atoms with Gasteiger partial charge in [0.15, 0.2) is 5.82 Å². The van der Waals surface area contributed by atoms with E-state index in [4.69, 9.17) is 14.3 Å². The summed E-state index contributed by atoms with van der Waals surface area (Å²) in [5.74, 6) is -0.361. The lowest BCUT2D eigenvalue weighted by molar-refractivity contribution is 0.0684. The van der Waals surface area contributed by atoms with E-state index in [0.29, 0.717) is 28.0 Å². The Kier molecular flexibility index (Phi) is 3.72. The van der Waals surface area contributed by atoms with Crippen LogP contribution in [0, 0.1) is 6.92 Å². The van der Waals surface area contributed by atoms with Crippen molar-refractivity contribution in [2.24, 2.45) is 7.05 Å². The van der Waals surface area contributed by atoms with Gasteiger partial charge >= 0.3 is 5.97 Å². The number of carboxylic acids is 1. The smallest absolute Gasteiger partial charge is 0.354 e. The lowest BCUT2D eigenvalue weighted by Gasteiger charge is -2.02. The Morgan fingerprint density at radius 2 is 2.08 bits per heavy atom. The fourth-order valence-corrected chi connectivity index (χ4v) is 2.52. The molecule has 0 fully saturated rings. The Bertz CT molecular complexity index is 954. The quantitative estimate of drug-likeness (QED) is 0.761. The molecule has 2 aromatic heterocycles. The van der Waals surface area contributed by atoms with Crippen LogP contribution in [0.5, 0.6) is 5.75 Å². The van der Waals surface area contributed by atoms with Gasteiger partial charge in [0.1, 0.15) is 22.8 Å². The standard InChI is InChI=1S/C16H15N3O5/c1-8-14(10-6-9(23-3)4-5-12(10)24-8)15(20)17-13-7-11(16(21)22)19(2)18-13/h4-7H,1-3H3,(H,21,22)(H,17,18,20). The molecule has 0 bridgehead atoms. The number of carbonyl (C=O) groups excluding carboxylic acids is 1. The molecule has 1 amide bonds. The molecule has 24 heavy (non-hydrogen) atoms. The van der Waals surface area contributed by atoms with E-state index in [2.05, 4.69) is 10.4 Å². The summed E-state index contributed by atoms with van der Waals surface area (Å²) in [7, 11) is 3.03. The SMILES string of the molecule is COc1ccc2oc(C)c(C(=O)Nc3cc(C(=O)O)n(C)n3)c2c1. The fourth-order valence-electron chi connectivity index (χ4n) is 2.52. The predicted octanol–water partition coefficient (Wildman–Crippen LogP) is 2.43. The third-order valence-electron chi connectivity index (χ3n) is 3.64. The van der Waals surface area contributed by atoms with Crippen LogP contribution < -0.4 is 10.1 Å². The van der Waals surface area contributed by atoms with Gasteiger partial charge in [-0.2, -0.15) is 5.10 Å². The van der Waals surface area contributed by atoms with Gasteiger partial charge in [0.25, 0.3) is 5.91 Å². The fraction of sp³-hybridized carbons (Fsp3) is 0.188. The van der Waals surface area contributed by atoms with Crippen LogP contribution in [-0.2, 0) is 7.05 Å². The number of carboxylic acid groups (broad SMARTS) is 1. The Hall–Kier alpha value is -3.29. The van der Waals surface area contributed by atoms with Crippen LogP contribution in [0.3, 0.4) is 0 Å². The number of aromatic nitrogens is 2. The van der Waals surface area contributed by atoms with E-state index in [9.17, 15) is 9.59 Å². The molecule has 2 heterocycles. The lowest BCUT2D eigenvalue weighted by Crippen LogP contribution is -2.13. The highest BCUT2D eigenvalue weighted by molar-refractivity contribution is 6.13. The molecular weight excluding hydrogens is 314 g/mol.